The van der Waals surface area contributed by atoms with Gasteiger partial charge in [0.1, 0.15) is 11.6 Å². The van der Waals surface area contributed by atoms with Crippen LogP contribution in [0.15, 0.2) is 12.1 Å². The molecule has 2 aliphatic heterocycles. The van der Waals surface area contributed by atoms with Crippen molar-refractivity contribution in [1.29, 1.82) is 0 Å². The normalized spacial score (nSPS) is 21.3. The summed E-state index contributed by atoms with van der Waals surface area (Å²) in [5.74, 6) is -0.574. The van der Waals surface area contributed by atoms with Crippen LogP contribution < -0.4 is 4.90 Å². The summed E-state index contributed by atoms with van der Waals surface area (Å²) in [4.78, 5) is 4.51. The van der Waals surface area contributed by atoms with Gasteiger partial charge in [-0.1, -0.05) is 13.8 Å². The van der Waals surface area contributed by atoms with E-state index < -0.39 is 0 Å². The molecule has 2 heterocycles. The fraction of sp³-hybridized carbons (Fsp3) is 0.684. The van der Waals surface area contributed by atoms with Crippen molar-refractivity contribution < 1.29 is 8.78 Å². The van der Waals surface area contributed by atoms with Gasteiger partial charge in [0.2, 0.25) is 0 Å². The van der Waals surface area contributed by atoms with E-state index in [2.05, 4.69) is 18.7 Å². The second kappa shape index (κ2) is 6.04. The predicted molar refractivity (Wildman–Crippen MR) is 91.0 cm³/mol. The lowest BCUT2D eigenvalue weighted by Crippen LogP contribution is -2.62. The number of likely N-dealkylation sites (tertiary alicyclic amines) is 1. The van der Waals surface area contributed by atoms with Crippen molar-refractivity contribution in [2.24, 2.45) is 5.41 Å². The molecular weight excluding hydrogens is 294 g/mol. The molecule has 0 aromatic heterocycles. The molecule has 0 saturated carbocycles. The van der Waals surface area contributed by atoms with E-state index in [4.69, 9.17) is 0 Å². The summed E-state index contributed by atoms with van der Waals surface area (Å²) in [6, 6.07) is 3.38. The van der Waals surface area contributed by atoms with E-state index in [0.717, 1.165) is 39.0 Å². The zero-order valence-corrected chi connectivity index (χ0v) is 14.7. The lowest BCUT2D eigenvalue weighted by atomic mass is 9.71. The molecule has 2 aliphatic rings. The molecule has 2 saturated heterocycles. The van der Waals surface area contributed by atoms with E-state index >= 15 is 0 Å². The van der Waals surface area contributed by atoms with Crippen molar-refractivity contribution >= 4 is 5.69 Å². The molecule has 0 aliphatic carbocycles. The first-order valence-electron chi connectivity index (χ1n) is 8.79. The van der Waals surface area contributed by atoms with Gasteiger partial charge >= 0.3 is 0 Å². The highest BCUT2D eigenvalue weighted by atomic mass is 19.1. The summed E-state index contributed by atoms with van der Waals surface area (Å²) in [5, 5.41) is 0. The number of anilines is 1. The Morgan fingerprint density at radius 3 is 2.09 bits per heavy atom. The minimum Gasteiger partial charge on any atom is -0.369 e. The second-order valence-corrected chi connectivity index (χ2v) is 7.97. The molecule has 23 heavy (non-hydrogen) atoms. The minimum absolute atomic E-state index is 0.000156. The predicted octanol–water partition coefficient (Wildman–Crippen LogP) is 4.40. The smallest absolute Gasteiger partial charge is 0.146 e. The largest absolute Gasteiger partial charge is 0.369 e. The number of piperidine rings is 1. The number of hydrogen-bond donors (Lipinski definition) is 0. The third kappa shape index (κ3) is 3.10. The molecular formula is C19H28F2N2. The lowest BCUT2D eigenvalue weighted by Gasteiger charge is -2.56. The van der Waals surface area contributed by atoms with Gasteiger partial charge in [0, 0.05) is 38.3 Å². The summed E-state index contributed by atoms with van der Waals surface area (Å²) in [6.45, 7) is 12.2. The maximum absolute atomic E-state index is 14.4. The standard InChI is InChI=1S/C19H28F2N2/c1-13(2)15-9-17(21)18(10-16(15)20)22-7-5-19(6-8-22)11-23(12-19)14(3)4/h9-10,13-14H,5-8,11-12H2,1-4H3. The average Bonchev–Trinajstić information content (AvgIpc) is 2.46. The highest BCUT2D eigenvalue weighted by Crippen LogP contribution is 2.42. The molecule has 0 radical (unpaired) electrons. The third-order valence-corrected chi connectivity index (χ3v) is 5.66. The molecule has 128 valence electrons. The van der Waals surface area contributed by atoms with Gasteiger partial charge in [-0.25, -0.2) is 8.78 Å². The summed E-state index contributed by atoms with van der Waals surface area (Å²) < 4.78 is 28.6. The number of rotatable bonds is 3. The maximum atomic E-state index is 14.4. The van der Waals surface area contributed by atoms with Crippen LogP contribution >= 0.6 is 0 Å². The van der Waals surface area contributed by atoms with Crippen LogP contribution in [0.2, 0.25) is 0 Å². The number of nitrogens with zero attached hydrogens (tertiary/aromatic N) is 2. The van der Waals surface area contributed by atoms with Crippen molar-refractivity contribution in [3.8, 4) is 0 Å². The first-order chi connectivity index (χ1) is 10.8. The minimum atomic E-state index is -0.288. The van der Waals surface area contributed by atoms with Crippen molar-refractivity contribution in [3.63, 3.8) is 0 Å². The SMILES string of the molecule is CC(C)c1cc(F)c(N2CCC3(CC2)CN(C(C)C)C3)cc1F. The van der Waals surface area contributed by atoms with Crippen molar-refractivity contribution in [3.05, 3.63) is 29.3 Å². The molecule has 2 fully saturated rings. The summed E-state index contributed by atoms with van der Waals surface area (Å²) in [6.07, 6.45) is 2.15. The first-order valence-corrected chi connectivity index (χ1v) is 8.79. The lowest BCUT2D eigenvalue weighted by molar-refractivity contribution is -0.0381. The van der Waals surface area contributed by atoms with Gasteiger partial charge in [-0.05, 0) is 49.7 Å². The number of benzene rings is 1. The van der Waals surface area contributed by atoms with Gasteiger partial charge in [0.15, 0.2) is 0 Å². The van der Waals surface area contributed by atoms with Crippen molar-refractivity contribution in [2.45, 2.75) is 52.5 Å². The van der Waals surface area contributed by atoms with Crippen molar-refractivity contribution in [2.75, 3.05) is 31.1 Å². The van der Waals surface area contributed by atoms with E-state index in [0.29, 0.717) is 22.7 Å². The Kier molecular flexibility index (Phi) is 4.39. The molecule has 1 aromatic carbocycles. The van der Waals surface area contributed by atoms with Crippen LogP contribution in [0.5, 0.6) is 0 Å². The quantitative estimate of drug-likeness (QED) is 0.814. The summed E-state index contributed by atoms with van der Waals surface area (Å²) in [5.41, 5.74) is 1.31. The Morgan fingerprint density at radius 1 is 0.957 bits per heavy atom. The number of hydrogen-bond acceptors (Lipinski definition) is 2. The first kappa shape index (κ1) is 16.7. The highest BCUT2D eigenvalue weighted by molar-refractivity contribution is 5.50. The van der Waals surface area contributed by atoms with Crippen LogP contribution in [-0.4, -0.2) is 37.1 Å². The molecule has 1 aromatic rings. The van der Waals surface area contributed by atoms with Crippen LogP contribution in [-0.2, 0) is 0 Å². The van der Waals surface area contributed by atoms with E-state index in [1.165, 1.54) is 12.1 Å². The summed E-state index contributed by atoms with van der Waals surface area (Å²) in [7, 11) is 0. The Morgan fingerprint density at radius 2 is 1.57 bits per heavy atom. The van der Waals surface area contributed by atoms with Crippen LogP contribution in [0.25, 0.3) is 0 Å². The molecule has 0 bridgehead atoms. The fourth-order valence-corrected chi connectivity index (χ4v) is 3.96. The van der Waals surface area contributed by atoms with E-state index in [1.807, 2.05) is 18.7 Å². The van der Waals surface area contributed by atoms with E-state index in [1.54, 1.807) is 0 Å². The average molecular weight is 322 g/mol. The molecule has 4 heteroatoms. The van der Waals surface area contributed by atoms with Crippen molar-refractivity contribution in [1.82, 2.24) is 4.90 Å². The molecule has 0 amide bonds. The molecule has 3 rings (SSSR count). The van der Waals surface area contributed by atoms with Gasteiger partial charge in [0.25, 0.3) is 0 Å². The van der Waals surface area contributed by atoms with Crippen LogP contribution in [0.3, 0.4) is 0 Å². The van der Waals surface area contributed by atoms with Crippen LogP contribution in [0, 0.1) is 17.0 Å². The maximum Gasteiger partial charge on any atom is 0.146 e. The Hall–Kier alpha value is -1.16. The van der Waals surface area contributed by atoms with E-state index in [-0.39, 0.29) is 17.6 Å². The summed E-state index contributed by atoms with van der Waals surface area (Å²) >= 11 is 0. The number of halogens is 2. The van der Waals surface area contributed by atoms with Crippen LogP contribution in [0.1, 0.15) is 52.0 Å². The third-order valence-electron chi connectivity index (χ3n) is 5.66. The van der Waals surface area contributed by atoms with Gasteiger partial charge in [-0.3, -0.25) is 4.90 Å². The monoisotopic (exact) mass is 322 g/mol. The molecule has 1 spiro atoms. The molecule has 0 N–H and O–H groups in total. The van der Waals surface area contributed by atoms with Gasteiger partial charge in [-0.15, -0.1) is 0 Å². The van der Waals surface area contributed by atoms with Gasteiger partial charge in [-0.2, -0.15) is 0 Å². The molecule has 0 atom stereocenters. The topological polar surface area (TPSA) is 6.48 Å². The van der Waals surface area contributed by atoms with Gasteiger partial charge < -0.3 is 4.90 Å². The molecule has 2 nitrogen and oxygen atoms in total. The van der Waals surface area contributed by atoms with E-state index in [9.17, 15) is 8.78 Å². The molecule has 0 unspecified atom stereocenters. The zero-order valence-electron chi connectivity index (χ0n) is 14.7. The zero-order chi connectivity index (χ0) is 16.8. The van der Waals surface area contributed by atoms with Crippen LogP contribution in [0.4, 0.5) is 14.5 Å². The highest BCUT2D eigenvalue weighted by Gasteiger charge is 2.45. The van der Waals surface area contributed by atoms with Gasteiger partial charge in [0.05, 0.1) is 5.69 Å². The Labute approximate surface area is 138 Å². The second-order valence-electron chi connectivity index (χ2n) is 7.97. The Balaban J connectivity index is 1.68. The Bertz CT molecular complexity index is 567. The fourth-order valence-electron chi connectivity index (χ4n) is 3.96.